The highest BCUT2D eigenvalue weighted by molar-refractivity contribution is 5.27. The molecule has 2 rings (SSSR count). The van der Waals surface area contributed by atoms with Crippen LogP contribution in [0.3, 0.4) is 0 Å². The van der Waals surface area contributed by atoms with E-state index in [0.29, 0.717) is 0 Å². The van der Waals surface area contributed by atoms with Crippen LogP contribution in [-0.2, 0) is 6.42 Å². The van der Waals surface area contributed by atoms with Crippen molar-refractivity contribution < 1.29 is 0 Å². The van der Waals surface area contributed by atoms with E-state index in [4.69, 9.17) is 5.73 Å². The van der Waals surface area contributed by atoms with Crippen LogP contribution in [-0.4, -0.2) is 31.6 Å². The molecule has 1 aliphatic rings. The Morgan fingerprint density at radius 3 is 3.00 bits per heavy atom. The van der Waals surface area contributed by atoms with Gasteiger partial charge in [0.2, 0.25) is 0 Å². The molecule has 0 saturated carbocycles. The van der Waals surface area contributed by atoms with E-state index >= 15 is 0 Å². The summed E-state index contributed by atoms with van der Waals surface area (Å²) >= 11 is 0. The standard InChI is InChI=1S/C15H24N2/c1-17-10-3-6-14(8-11-17)15-5-2-4-13(12-15)7-9-16/h2,4-5,12,14H,3,6-11,16H2,1H3. The van der Waals surface area contributed by atoms with Gasteiger partial charge in [-0.2, -0.15) is 0 Å². The lowest BCUT2D eigenvalue weighted by Crippen LogP contribution is -2.18. The lowest BCUT2D eigenvalue weighted by atomic mass is 9.90. The average molecular weight is 232 g/mol. The molecule has 0 aliphatic carbocycles. The van der Waals surface area contributed by atoms with Gasteiger partial charge in [-0.25, -0.2) is 0 Å². The van der Waals surface area contributed by atoms with Crippen LogP contribution < -0.4 is 5.73 Å². The van der Waals surface area contributed by atoms with Crippen molar-refractivity contribution in [3.05, 3.63) is 35.4 Å². The first kappa shape index (κ1) is 12.6. The number of nitrogens with zero attached hydrogens (tertiary/aromatic N) is 1. The molecule has 0 radical (unpaired) electrons. The van der Waals surface area contributed by atoms with Crippen LogP contribution in [0.25, 0.3) is 0 Å². The molecule has 1 aromatic rings. The summed E-state index contributed by atoms with van der Waals surface area (Å²) in [7, 11) is 2.23. The molecule has 0 amide bonds. The molecular formula is C15H24N2. The van der Waals surface area contributed by atoms with E-state index in [0.717, 1.165) is 18.9 Å². The minimum absolute atomic E-state index is 0.747. The number of nitrogens with two attached hydrogens (primary N) is 1. The van der Waals surface area contributed by atoms with Gasteiger partial charge < -0.3 is 10.6 Å². The van der Waals surface area contributed by atoms with Gasteiger partial charge >= 0.3 is 0 Å². The Morgan fingerprint density at radius 2 is 2.18 bits per heavy atom. The van der Waals surface area contributed by atoms with Crippen molar-refractivity contribution in [2.45, 2.75) is 31.6 Å². The number of hydrogen-bond acceptors (Lipinski definition) is 2. The zero-order chi connectivity index (χ0) is 12.1. The van der Waals surface area contributed by atoms with Gasteiger partial charge in [-0.1, -0.05) is 24.3 Å². The Morgan fingerprint density at radius 1 is 1.29 bits per heavy atom. The molecule has 1 atom stereocenters. The van der Waals surface area contributed by atoms with E-state index < -0.39 is 0 Å². The molecular weight excluding hydrogens is 208 g/mol. The van der Waals surface area contributed by atoms with Gasteiger partial charge in [0.25, 0.3) is 0 Å². The van der Waals surface area contributed by atoms with Crippen LogP contribution in [0.15, 0.2) is 24.3 Å². The molecule has 94 valence electrons. The van der Waals surface area contributed by atoms with Crippen LogP contribution in [0.4, 0.5) is 0 Å². The maximum atomic E-state index is 5.63. The molecule has 2 heteroatoms. The molecule has 0 bridgehead atoms. The van der Waals surface area contributed by atoms with Crippen LogP contribution in [0, 0.1) is 0 Å². The molecule has 1 fully saturated rings. The first-order valence-corrected chi connectivity index (χ1v) is 6.77. The topological polar surface area (TPSA) is 29.3 Å². The molecule has 0 aromatic heterocycles. The van der Waals surface area contributed by atoms with E-state index in [1.807, 2.05) is 0 Å². The Hall–Kier alpha value is -0.860. The highest BCUT2D eigenvalue weighted by Gasteiger charge is 2.16. The van der Waals surface area contributed by atoms with Gasteiger partial charge in [0.15, 0.2) is 0 Å². The summed E-state index contributed by atoms with van der Waals surface area (Å²) in [6, 6.07) is 9.03. The van der Waals surface area contributed by atoms with Crippen molar-refractivity contribution in [3.63, 3.8) is 0 Å². The summed E-state index contributed by atoms with van der Waals surface area (Å²) in [5.41, 5.74) is 8.54. The fourth-order valence-corrected chi connectivity index (χ4v) is 2.74. The second-order valence-corrected chi connectivity index (χ2v) is 5.21. The minimum atomic E-state index is 0.747. The Balaban J connectivity index is 2.07. The molecule has 0 spiro atoms. The molecule has 1 saturated heterocycles. The summed E-state index contributed by atoms with van der Waals surface area (Å²) in [6.07, 6.45) is 4.95. The SMILES string of the molecule is CN1CCCC(c2cccc(CCN)c2)CC1. The van der Waals surface area contributed by atoms with Crippen molar-refractivity contribution in [1.29, 1.82) is 0 Å². The summed E-state index contributed by atoms with van der Waals surface area (Å²) in [4.78, 5) is 2.45. The molecule has 1 unspecified atom stereocenters. The maximum absolute atomic E-state index is 5.63. The Kier molecular flexibility index (Phi) is 4.57. The molecule has 1 aliphatic heterocycles. The van der Waals surface area contributed by atoms with E-state index in [9.17, 15) is 0 Å². The molecule has 1 aromatic carbocycles. The summed E-state index contributed by atoms with van der Waals surface area (Å²) in [5.74, 6) is 0.748. The van der Waals surface area contributed by atoms with Gasteiger partial charge in [0, 0.05) is 0 Å². The zero-order valence-corrected chi connectivity index (χ0v) is 10.9. The van der Waals surface area contributed by atoms with Crippen molar-refractivity contribution in [2.75, 3.05) is 26.7 Å². The number of rotatable bonds is 3. The first-order valence-electron chi connectivity index (χ1n) is 6.77. The normalized spacial score (nSPS) is 22.4. The van der Waals surface area contributed by atoms with E-state index in [-0.39, 0.29) is 0 Å². The fraction of sp³-hybridized carbons (Fsp3) is 0.600. The largest absolute Gasteiger partial charge is 0.330 e. The predicted octanol–water partition coefficient (Wildman–Crippen LogP) is 2.39. The third kappa shape index (κ3) is 3.55. The lowest BCUT2D eigenvalue weighted by molar-refractivity contribution is 0.347. The third-order valence-corrected chi connectivity index (χ3v) is 3.81. The van der Waals surface area contributed by atoms with E-state index in [1.165, 1.54) is 43.5 Å². The second kappa shape index (κ2) is 6.18. The van der Waals surface area contributed by atoms with Gasteiger partial charge in [-0.05, 0) is 69.4 Å². The number of hydrogen-bond donors (Lipinski definition) is 1. The maximum Gasteiger partial charge on any atom is -0.00160 e. The highest BCUT2D eigenvalue weighted by atomic mass is 15.1. The second-order valence-electron chi connectivity index (χ2n) is 5.21. The van der Waals surface area contributed by atoms with Crippen molar-refractivity contribution in [1.82, 2.24) is 4.90 Å². The van der Waals surface area contributed by atoms with Gasteiger partial charge in [-0.3, -0.25) is 0 Å². The quantitative estimate of drug-likeness (QED) is 0.867. The Labute approximate surface area is 105 Å². The van der Waals surface area contributed by atoms with Crippen molar-refractivity contribution in [3.8, 4) is 0 Å². The third-order valence-electron chi connectivity index (χ3n) is 3.81. The van der Waals surface area contributed by atoms with Crippen LogP contribution in [0.2, 0.25) is 0 Å². The Bertz CT molecular complexity index is 349. The predicted molar refractivity (Wildman–Crippen MR) is 73.3 cm³/mol. The molecule has 1 heterocycles. The summed E-state index contributed by atoms with van der Waals surface area (Å²) < 4.78 is 0. The number of benzene rings is 1. The monoisotopic (exact) mass is 232 g/mol. The smallest absolute Gasteiger partial charge is 0.00160 e. The lowest BCUT2D eigenvalue weighted by Gasteiger charge is -2.16. The summed E-state index contributed by atoms with van der Waals surface area (Å²) in [5, 5.41) is 0. The average Bonchev–Trinajstić information content (AvgIpc) is 2.55. The van der Waals surface area contributed by atoms with Crippen molar-refractivity contribution in [2.24, 2.45) is 5.73 Å². The van der Waals surface area contributed by atoms with E-state index in [1.54, 1.807) is 0 Å². The zero-order valence-electron chi connectivity index (χ0n) is 10.9. The minimum Gasteiger partial charge on any atom is -0.330 e. The van der Waals surface area contributed by atoms with Crippen LogP contribution >= 0.6 is 0 Å². The van der Waals surface area contributed by atoms with Crippen molar-refractivity contribution >= 4 is 0 Å². The highest BCUT2D eigenvalue weighted by Crippen LogP contribution is 2.28. The van der Waals surface area contributed by atoms with Crippen LogP contribution in [0.1, 0.15) is 36.3 Å². The molecule has 2 nitrogen and oxygen atoms in total. The van der Waals surface area contributed by atoms with E-state index in [2.05, 4.69) is 36.2 Å². The fourth-order valence-electron chi connectivity index (χ4n) is 2.74. The summed E-state index contributed by atoms with van der Waals surface area (Å²) in [6.45, 7) is 3.22. The van der Waals surface area contributed by atoms with Gasteiger partial charge in [0.1, 0.15) is 0 Å². The van der Waals surface area contributed by atoms with Gasteiger partial charge in [0.05, 0.1) is 0 Å². The van der Waals surface area contributed by atoms with Crippen LogP contribution in [0.5, 0.6) is 0 Å². The molecule has 17 heavy (non-hydrogen) atoms. The first-order chi connectivity index (χ1) is 8.29. The van der Waals surface area contributed by atoms with Gasteiger partial charge in [-0.15, -0.1) is 0 Å². The number of likely N-dealkylation sites (tertiary alicyclic amines) is 1. The molecule has 2 N–H and O–H groups in total.